The maximum absolute atomic E-state index is 13.5. The summed E-state index contributed by atoms with van der Waals surface area (Å²) in [6.07, 6.45) is 0.252. The molecule has 0 bridgehead atoms. The highest BCUT2D eigenvalue weighted by Crippen LogP contribution is 2.52. The largest absolute Gasteiger partial charge is 0.508 e. The van der Waals surface area contributed by atoms with Gasteiger partial charge in [-0.2, -0.15) is 0 Å². The number of hydrogen-bond acceptors (Lipinski definition) is 8. The molecule has 1 aromatic carbocycles. The number of likely N-dealkylation sites (N-methyl/N-ethyl adjacent to an activating group) is 1. The number of rotatable bonds is 2. The SMILES string of the molecule is C.CN(C)[C@@H]1C(=O)C(C(N)=O)=C(O)[C@@]2(O)C(=O)C3=C(O)c4c(O)cc(Cl)cc4C[C@H]3C[C@@H]12. The fraction of sp³-hybridized carbons (Fsp3) is 0.409. The zero-order valence-corrected chi connectivity index (χ0v) is 17.5. The van der Waals surface area contributed by atoms with Gasteiger partial charge >= 0.3 is 0 Å². The van der Waals surface area contributed by atoms with Crippen molar-refractivity contribution in [2.45, 2.75) is 31.9 Å². The molecule has 3 aliphatic carbocycles. The minimum Gasteiger partial charge on any atom is -0.508 e. The summed E-state index contributed by atoms with van der Waals surface area (Å²) >= 11 is 6.02. The topological polar surface area (TPSA) is 161 Å². The van der Waals surface area contributed by atoms with Gasteiger partial charge in [0.1, 0.15) is 22.8 Å². The van der Waals surface area contributed by atoms with E-state index in [0.29, 0.717) is 5.56 Å². The van der Waals surface area contributed by atoms with Crippen molar-refractivity contribution in [3.8, 4) is 5.75 Å². The van der Waals surface area contributed by atoms with Crippen molar-refractivity contribution >= 4 is 34.8 Å². The number of ketones is 2. The molecule has 172 valence electrons. The highest BCUT2D eigenvalue weighted by atomic mass is 35.5. The van der Waals surface area contributed by atoms with E-state index < -0.39 is 58.0 Å². The molecule has 9 nitrogen and oxygen atoms in total. The highest BCUT2D eigenvalue weighted by Gasteiger charge is 2.64. The Morgan fingerprint density at radius 1 is 1.22 bits per heavy atom. The Balaban J connectivity index is 0.00000289. The Morgan fingerprint density at radius 3 is 2.41 bits per heavy atom. The minimum absolute atomic E-state index is 0. The summed E-state index contributed by atoms with van der Waals surface area (Å²) in [5, 5.41) is 43.5. The van der Waals surface area contributed by atoms with Gasteiger partial charge in [-0.15, -0.1) is 0 Å². The molecule has 1 amide bonds. The number of fused-ring (bicyclic) bond motifs is 3. The predicted molar refractivity (Wildman–Crippen MR) is 116 cm³/mol. The van der Waals surface area contributed by atoms with Gasteiger partial charge in [0.2, 0.25) is 5.78 Å². The molecule has 0 aliphatic heterocycles. The molecule has 4 atom stereocenters. The fourth-order valence-corrected chi connectivity index (χ4v) is 5.47. The molecule has 1 fully saturated rings. The van der Waals surface area contributed by atoms with Gasteiger partial charge in [0.25, 0.3) is 5.91 Å². The zero-order chi connectivity index (χ0) is 23.0. The third-order valence-electron chi connectivity index (χ3n) is 6.49. The van der Waals surface area contributed by atoms with Crippen molar-refractivity contribution in [2.24, 2.45) is 17.6 Å². The van der Waals surface area contributed by atoms with Crippen LogP contribution in [0.5, 0.6) is 5.75 Å². The number of halogens is 1. The molecule has 0 heterocycles. The van der Waals surface area contributed by atoms with Crippen molar-refractivity contribution in [2.75, 3.05) is 14.1 Å². The lowest BCUT2D eigenvalue weighted by Gasteiger charge is -2.50. The molecule has 1 saturated carbocycles. The van der Waals surface area contributed by atoms with Gasteiger partial charge in [-0.25, -0.2) is 0 Å². The molecule has 0 radical (unpaired) electrons. The average molecular weight is 465 g/mol. The number of benzene rings is 1. The first-order valence-corrected chi connectivity index (χ1v) is 9.95. The second-order valence-corrected chi connectivity index (χ2v) is 8.86. The lowest BCUT2D eigenvalue weighted by molar-refractivity contribution is -0.153. The lowest BCUT2D eigenvalue weighted by atomic mass is 9.57. The summed E-state index contributed by atoms with van der Waals surface area (Å²) in [6, 6.07) is 1.67. The summed E-state index contributed by atoms with van der Waals surface area (Å²) in [7, 11) is 3.09. The van der Waals surface area contributed by atoms with Gasteiger partial charge in [0, 0.05) is 16.5 Å². The Morgan fingerprint density at radius 2 is 1.84 bits per heavy atom. The van der Waals surface area contributed by atoms with Crippen molar-refractivity contribution < 1.29 is 34.8 Å². The first-order valence-electron chi connectivity index (χ1n) is 9.57. The lowest BCUT2D eigenvalue weighted by Crippen LogP contribution is -2.65. The van der Waals surface area contributed by atoms with E-state index in [1.807, 2.05) is 0 Å². The van der Waals surface area contributed by atoms with E-state index in [0.717, 1.165) is 0 Å². The van der Waals surface area contributed by atoms with Gasteiger partial charge in [-0.1, -0.05) is 19.0 Å². The number of carbonyl (C=O) groups excluding carboxylic acids is 3. The van der Waals surface area contributed by atoms with Crippen LogP contribution < -0.4 is 5.73 Å². The van der Waals surface area contributed by atoms with E-state index in [9.17, 15) is 34.8 Å². The third-order valence-corrected chi connectivity index (χ3v) is 6.71. The van der Waals surface area contributed by atoms with Crippen LogP contribution in [0.2, 0.25) is 5.02 Å². The summed E-state index contributed by atoms with van der Waals surface area (Å²) in [4.78, 5) is 39.8. The second kappa shape index (κ2) is 7.61. The fourth-order valence-electron chi connectivity index (χ4n) is 5.23. The van der Waals surface area contributed by atoms with E-state index in [2.05, 4.69) is 0 Å². The number of hydrogen-bond donors (Lipinski definition) is 5. The van der Waals surface area contributed by atoms with Crippen LogP contribution in [0.1, 0.15) is 25.0 Å². The molecule has 1 aromatic rings. The van der Waals surface area contributed by atoms with Gasteiger partial charge < -0.3 is 26.2 Å². The molecular formula is C22H25ClN2O7. The van der Waals surface area contributed by atoms with Gasteiger partial charge in [0.05, 0.1) is 11.6 Å². The Hall–Kier alpha value is -2.88. The number of aromatic hydroxyl groups is 1. The smallest absolute Gasteiger partial charge is 0.255 e. The number of nitrogens with zero attached hydrogens (tertiary/aromatic N) is 1. The summed E-state index contributed by atoms with van der Waals surface area (Å²) in [6.45, 7) is 0. The first-order chi connectivity index (χ1) is 14.4. The molecular weight excluding hydrogens is 440 g/mol. The van der Waals surface area contributed by atoms with Crippen molar-refractivity contribution in [1.29, 1.82) is 0 Å². The van der Waals surface area contributed by atoms with Crippen molar-refractivity contribution in [3.63, 3.8) is 0 Å². The number of aliphatic hydroxyl groups excluding tert-OH is 2. The molecule has 32 heavy (non-hydrogen) atoms. The number of aliphatic hydroxyl groups is 3. The molecule has 4 rings (SSSR count). The number of amides is 1. The maximum Gasteiger partial charge on any atom is 0.255 e. The molecule has 10 heteroatoms. The third kappa shape index (κ3) is 2.96. The van der Waals surface area contributed by atoms with Gasteiger partial charge in [-0.3, -0.25) is 19.3 Å². The summed E-state index contributed by atoms with van der Waals surface area (Å²) < 4.78 is 0. The maximum atomic E-state index is 13.5. The Kier molecular flexibility index (Phi) is 5.66. The van der Waals surface area contributed by atoms with Crippen LogP contribution in [0.15, 0.2) is 29.0 Å². The zero-order valence-electron chi connectivity index (χ0n) is 16.7. The predicted octanol–water partition coefficient (Wildman–Crippen LogP) is 1.25. The van der Waals surface area contributed by atoms with Crippen molar-refractivity contribution in [3.05, 3.63) is 45.2 Å². The Bertz CT molecular complexity index is 1120. The van der Waals surface area contributed by atoms with Crippen LogP contribution in [0.25, 0.3) is 5.76 Å². The molecule has 0 aromatic heterocycles. The first kappa shape index (κ1) is 23.8. The van der Waals surface area contributed by atoms with Gasteiger partial charge in [0.15, 0.2) is 11.4 Å². The van der Waals surface area contributed by atoms with E-state index in [1.54, 1.807) is 20.2 Å². The van der Waals surface area contributed by atoms with Crippen molar-refractivity contribution in [1.82, 2.24) is 4.90 Å². The number of nitrogens with two attached hydrogens (primary N) is 1. The molecule has 0 unspecified atom stereocenters. The molecule has 3 aliphatic rings. The Labute approximate surface area is 189 Å². The van der Waals surface area contributed by atoms with E-state index >= 15 is 0 Å². The van der Waals surface area contributed by atoms with Crippen LogP contribution in [-0.4, -0.2) is 68.5 Å². The van der Waals surface area contributed by atoms with E-state index in [4.69, 9.17) is 17.3 Å². The number of carbonyl (C=O) groups is 3. The highest BCUT2D eigenvalue weighted by molar-refractivity contribution is 6.31. The number of phenols is 1. The summed E-state index contributed by atoms with van der Waals surface area (Å²) in [5.41, 5.74) is 2.13. The second-order valence-electron chi connectivity index (χ2n) is 8.42. The number of phenolic OH excluding ortho intramolecular Hbond substituents is 1. The molecule has 0 saturated heterocycles. The number of Topliss-reactive ketones (excluding diaryl/α,β-unsaturated/α-hetero) is 2. The van der Waals surface area contributed by atoms with Crippen LogP contribution in [0.3, 0.4) is 0 Å². The van der Waals surface area contributed by atoms with Crippen LogP contribution in [0, 0.1) is 11.8 Å². The van der Waals surface area contributed by atoms with Gasteiger partial charge in [-0.05, 0) is 50.6 Å². The normalized spacial score (nSPS) is 29.3. The molecule has 0 spiro atoms. The van der Waals surface area contributed by atoms with E-state index in [-0.39, 0.29) is 42.2 Å². The average Bonchev–Trinajstić information content (AvgIpc) is 2.63. The van der Waals surface area contributed by atoms with Crippen LogP contribution >= 0.6 is 11.6 Å². The standard InChI is InChI=1S/C21H21ClN2O7.CH4/c1-24(2)15-10-5-8-3-7-4-9(22)6-11(25)12(7)16(26)13(8)18(28)21(10,31)19(29)14(17(15)27)20(23)30;/h4,6,8,10,15,25-26,29,31H,3,5H2,1-2H3,(H2,23,30);1H4/t8-,10-,15-,21-;/m0./s1. The van der Waals surface area contributed by atoms with E-state index in [1.165, 1.54) is 11.0 Å². The number of primary amides is 1. The quantitative estimate of drug-likeness (QED) is 0.408. The molecule has 6 N–H and O–H groups in total. The summed E-state index contributed by atoms with van der Waals surface area (Å²) in [5.74, 6) is -6.78. The van der Waals surface area contributed by atoms with Crippen LogP contribution in [0.4, 0.5) is 0 Å². The monoisotopic (exact) mass is 464 g/mol. The minimum atomic E-state index is -2.63. The van der Waals surface area contributed by atoms with Crippen LogP contribution in [-0.2, 0) is 20.8 Å².